The molecule has 8 heteroatoms. The summed E-state index contributed by atoms with van der Waals surface area (Å²) in [5.41, 5.74) is 1.11. The molecule has 142 valence electrons. The van der Waals surface area contributed by atoms with Gasteiger partial charge in [0.15, 0.2) is 11.5 Å². The molecule has 0 aliphatic carbocycles. The zero-order valence-corrected chi connectivity index (χ0v) is 14.6. The SMILES string of the molecule is COc1cc(C=CC(=O)Oc2ccc(NC(C)=O)cc2)ccc1OC(F)F. The van der Waals surface area contributed by atoms with Crippen molar-refractivity contribution in [1.82, 2.24) is 0 Å². The van der Waals surface area contributed by atoms with Gasteiger partial charge in [-0.05, 0) is 48.0 Å². The summed E-state index contributed by atoms with van der Waals surface area (Å²) in [4.78, 5) is 22.8. The van der Waals surface area contributed by atoms with Crippen molar-refractivity contribution in [3.05, 3.63) is 54.1 Å². The number of esters is 1. The third-order valence-corrected chi connectivity index (χ3v) is 3.21. The Kier molecular flexibility index (Phi) is 6.87. The van der Waals surface area contributed by atoms with Gasteiger partial charge in [-0.2, -0.15) is 8.78 Å². The van der Waals surface area contributed by atoms with Crippen LogP contribution in [0.3, 0.4) is 0 Å². The number of hydrogen-bond donors (Lipinski definition) is 1. The molecule has 0 aliphatic rings. The van der Waals surface area contributed by atoms with Crippen molar-refractivity contribution >= 4 is 23.6 Å². The van der Waals surface area contributed by atoms with Crippen LogP contribution in [0.1, 0.15) is 12.5 Å². The zero-order valence-electron chi connectivity index (χ0n) is 14.6. The van der Waals surface area contributed by atoms with E-state index in [1.54, 1.807) is 12.1 Å². The molecular formula is C19H17F2NO5. The van der Waals surface area contributed by atoms with Gasteiger partial charge in [-0.1, -0.05) is 6.07 Å². The molecule has 0 atom stereocenters. The molecular weight excluding hydrogens is 360 g/mol. The lowest BCUT2D eigenvalue weighted by atomic mass is 10.2. The maximum atomic E-state index is 12.3. The normalized spacial score (nSPS) is 10.7. The topological polar surface area (TPSA) is 73.9 Å². The van der Waals surface area contributed by atoms with E-state index < -0.39 is 12.6 Å². The Hall–Kier alpha value is -3.42. The third kappa shape index (κ3) is 6.43. The molecule has 0 heterocycles. The molecule has 0 unspecified atom stereocenters. The standard InChI is InChI=1S/C19H17F2NO5/c1-12(23)22-14-5-7-15(8-6-14)26-18(24)10-4-13-3-9-16(27-19(20)21)17(11-13)25-2/h3-11,19H,1-2H3,(H,22,23). The van der Waals surface area contributed by atoms with Crippen LogP contribution >= 0.6 is 0 Å². The van der Waals surface area contributed by atoms with Gasteiger partial charge >= 0.3 is 12.6 Å². The number of carbonyl (C=O) groups is 2. The molecule has 1 N–H and O–H groups in total. The Labute approximate surface area is 154 Å². The van der Waals surface area contributed by atoms with Gasteiger partial charge in [0.05, 0.1) is 7.11 Å². The van der Waals surface area contributed by atoms with Crippen LogP contribution in [0, 0.1) is 0 Å². The van der Waals surface area contributed by atoms with Crippen LogP contribution in [-0.2, 0) is 9.59 Å². The van der Waals surface area contributed by atoms with Crippen molar-refractivity contribution < 1.29 is 32.6 Å². The van der Waals surface area contributed by atoms with Crippen molar-refractivity contribution in [2.45, 2.75) is 13.5 Å². The van der Waals surface area contributed by atoms with Crippen LogP contribution in [0.25, 0.3) is 6.08 Å². The molecule has 2 aromatic rings. The zero-order chi connectivity index (χ0) is 19.8. The maximum absolute atomic E-state index is 12.3. The first-order chi connectivity index (χ1) is 12.9. The summed E-state index contributed by atoms with van der Waals surface area (Å²) in [6, 6.07) is 10.5. The predicted molar refractivity (Wildman–Crippen MR) is 95.0 cm³/mol. The number of amides is 1. The van der Waals surface area contributed by atoms with E-state index in [0.717, 1.165) is 0 Å². The second kappa shape index (κ2) is 9.33. The second-order valence-electron chi connectivity index (χ2n) is 5.25. The highest BCUT2D eigenvalue weighted by Gasteiger charge is 2.10. The van der Waals surface area contributed by atoms with Crippen molar-refractivity contribution in [2.75, 3.05) is 12.4 Å². The molecule has 0 fully saturated rings. The third-order valence-electron chi connectivity index (χ3n) is 3.21. The van der Waals surface area contributed by atoms with Gasteiger partial charge in [-0.3, -0.25) is 4.79 Å². The summed E-state index contributed by atoms with van der Waals surface area (Å²) in [5, 5.41) is 2.60. The van der Waals surface area contributed by atoms with E-state index in [9.17, 15) is 18.4 Å². The molecule has 1 amide bonds. The Balaban J connectivity index is 2.00. The molecule has 0 bridgehead atoms. The molecule has 0 saturated heterocycles. The van der Waals surface area contributed by atoms with Crippen LogP contribution in [-0.4, -0.2) is 25.6 Å². The minimum absolute atomic E-state index is 0.105. The molecule has 0 aromatic heterocycles. The summed E-state index contributed by atoms with van der Waals surface area (Å²) in [5.74, 6) is -0.528. The lowest BCUT2D eigenvalue weighted by Crippen LogP contribution is -2.06. The highest BCUT2D eigenvalue weighted by molar-refractivity contribution is 5.90. The van der Waals surface area contributed by atoms with Gasteiger partial charge in [0.25, 0.3) is 0 Å². The summed E-state index contributed by atoms with van der Waals surface area (Å²) < 4.78 is 39.1. The molecule has 0 radical (unpaired) electrons. The minimum atomic E-state index is -2.97. The number of hydrogen-bond acceptors (Lipinski definition) is 5. The van der Waals surface area contributed by atoms with Gasteiger partial charge < -0.3 is 19.5 Å². The lowest BCUT2D eigenvalue weighted by Gasteiger charge is -2.10. The largest absolute Gasteiger partial charge is 0.493 e. The number of benzene rings is 2. The number of alkyl halides is 2. The monoisotopic (exact) mass is 377 g/mol. The Morgan fingerprint density at radius 1 is 1.07 bits per heavy atom. The second-order valence-corrected chi connectivity index (χ2v) is 5.25. The van der Waals surface area contributed by atoms with E-state index in [0.29, 0.717) is 17.0 Å². The van der Waals surface area contributed by atoms with Crippen molar-refractivity contribution in [3.63, 3.8) is 0 Å². The van der Waals surface area contributed by atoms with Gasteiger partial charge in [0.1, 0.15) is 5.75 Å². The fourth-order valence-corrected chi connectivity index (χ4v) is 2.11. The molecule has 2 rings (SSSR count). The van der Waals surface area contributed by atoms with Gasteiger partial charge in [0.2, 0.25) is 5.91 Å². The number of ether oxygens (including phenoxy) is 3. The van der Waals surface area contributed by atoms with Gasteiger partial charge in [0, 0.05) is 18.7 Å². The summed E-state index contributed by atoms with van der Waals surface area (Å²) in [6.45, 7) is -1.58. The van der Waals surface area contributed by atoms with Gasteiger partial charge in [-0.25, -0.2) is 4.79 Å². The average molecular weight is 377 g/mol. The quantitative estimate of drug-likeness (QED) is 0.450. The first kappa shape index (κ1) is 19.9. The predicted octanol–water partition coefficient (Wildman–Crippen LogP) is 3.87. The fourth-order valence-electron chi connectivity index (χ4n) is 2.11. The molecule has 6 nitrogen and oxygen atoms in total. The number of anilines is 1. The first-order valence-corrected chi connectivity index (χ1v) is 7.78. The Morgan fingerprint density at radius 2 is 1.78 bits per heavy atom. The molecule has 0 saturated carbocycles. The van der Waals surface area contributed by atoms with Crippen molar-refractivity contribution in [1.29, 1.82) is 0 Å². The lowest BCUT2D eigenvalue weighted by molar-refractivity contribution is -0.128. The highest BCUT2D eigenvalue weighted by atomic mass is 19.3. The molecule has 2 aromatic carbocycles. The van der Waals surface area contributed by atoms with Gasteiger partial charge in [-0.15, -0.1) is 0 Å². The first-order valence-electron chi connectivity index (χ1n) is 7.78. The molecule has 0 aliphatic heterocycles. The number of carbonyl (C=O) groups excluding carboxylic acids is 2. The summed E-state index contributed by atoms with van der Waals surface area (Å²) in [7, 11) is 1.32. The minimum Gasteiger partial charge on any atom is -0.493 e. The van der Waals surface area contributed by atoms with E-state index in [-0.39, 0.29) is 17.4 Å². The number of halogens is 2. The van der Waals surface area contributed by atoms with Crippen LogP contribution < -0.4 is 19.5 Å². The molecule has 0 spiro atoms. The van der Waals surface area contributed by atoms with Crippen LogP contribution in [0.5, 0.6) is 17.2 Å². The highest BCUT2D eigenvalue weighted by Crippen LogP contribution is 2.29. The van der Waals surface area contributed by atoms with Crippen molar-refractivity contribution in [3.8, 4) is 17.2 Å². The van der Waals surface area contributed by atoms with Crippen LogP contribution in [0.2, 0.25) is 0 Å². The Morgan fingerprint density at radius 3 is 2.37 bits per heavy atom. The van der Waals surface area contributed by atoms with Crippen molar-refractivity contribution in [2.24, 2.45) is 0 Å². The van der Waals surface area contributed by atoms with E-state index in [2.05, 4.69) is 10.1 Å². The van der Waals surface area contributed by atoms with Crippen LogP contribution in [0.4, 0.5) is 14.5 Å². The molecule has 27 heavy (non-hydrogen) atoms. The van der Waals surface area contributed by atoms with E-state index >= 15 is 0 Å². The van der Waals surface area contributed by atoms with Crippen LogP contribution in [0.15, 0.2) is 48.5 Å². The smallest absolute Gasteiger partial charge is 0.387 e. The van der Waals surface area contributed by atoms with E-state index in [4.69, 9.17) is 9.47 Å². The maximum Gasteiger partial charge on any atom is 0.387 e. The fraction of sp³-hybridized carbons (Fsp3) is 0.158. The number of methoxy groups -OCH3 is 1. The van der Waals surface area contributed by atoms with E-state index in [1.807, 2.05) is 0 Å². The number of nitrogens with one attached hydrogen (secondary N) is 1. The summed E-state index contributed by atoms with van der Waals surface area (Å²) >= 11 is 0. The Bertz CT molecular complexity index is 834. The summed E-state index contributed by atoms with van der Waals surface area (Å²) in [6.07, 6.45) is 2.63. The average Bonchev–Trinajstić information content (AvgIpc) is 2.61. The van der Waals surface area contributed by atoms with E-state index in [1.165, 1.54) is 56.5 Å². The number of rotatable bonds is 7.